The van der Waals surface area contributed by atoms with Crippen LogP contribution in [0, 0.1) is 11.6 Å². The molecular weight excluding hydrogens is 321 g/mol. The monoisotopic (exact) mass is 331 g/mol. The van der Waals surface area contributed by atoms with Crippen LogP contribution in [0.3, 0.4) is 0 Å². The summed E-state index contributed by atoms with van der Waals surface area (Å²) in [5.41, 5.74) is 3.46. The van der Waals surface area contributed by atoms with Gasteiger partial charge in [0, 0.05) is 5.69 Å². The van der Waals surface area contributed by atoms with Crippen LogP contribution in [0.1, 0.15) is 5.56 Å². The van der Waals surface area contributed by atoms with E-state index in [1.54, 1.807) is 0 Å². The van der Waals surface area contributed by atoms with Crippen LogP contribution < -0.4 is 16.4 Å². The lowest BCUT2D eigenvalue weighted by atomic mass is 10.2. The number of alkyl halides is 3. The van der Waals surface area contributed by atoms with Crippen LogP contribution in [0.4, 0.5) is 43.8 Å². The van der Waals surface area contributed by atoms with Gasteiger partial charge >= 0.3 is 12.2 Å². The Hall–Kier alpha value is -2.84. The number of anilines is 3. The number of hydrogen-bond acceptors (Lipinski definition) is 2. The van der Waals surface area contributed by atoms with E-state index < -0.39 is 35.1 Å². The molecule has 4 nitrogen and oxygen atoms in total. The van der Waals surface area contributed by atoms with Crippen molar-refractivity contribution in [2.75, 3.05) is 16.4 Å². The van der Waals surface area contributed by atoms with E-state index in [0.29, 0.717) is 18.2 Å². The van der Waals surface area contributed by atoms with E-state index in [4.69, 9.17) is 5.73 Å². The molecule has 0 heterocycles. The standard InChI is InChI=1S/C14H10F5N3O/c15-9-3-1-7(14(17,18)19)5-11(9)21-13(23)22-12-6-8(20)2-4-10(12)16/h1-6H,20H2,(H2,21,22,23). The molecule has 0 fully saturated rings. The highest BCUT2D eigenvalue weighted by Gasteiger charge is 2.31. The molecule has 23 heavy (non-hydrogen) atoms. The first kappa shape index (κ1) is 16.5. The minimum atomic E-state index is -4.69. The molecule has 0 spiro atoms. The average Bonchev–Trinajstić information content (AvgIpc) is 2.44. The second-order valence-electron chi connectivity index (χ2n) is 4.51. The van der Waals surface area contributed by atoms with E-state index in [-0.39, 0.29) is 11.4 Å². The van der Waals surface area contributed by atoms with Gasteiger partial charge in [-0.1, -0.05) is 0 Å². The summed E-state index contributed by atoms with van der Waals surface area (Å²) < 4.78 is 64.6. The molecule has 0 aliphatic heterocycles. The van der Waals surface area contributed by atoms with Crippen molar-refractivity contribution in [3.05, 3.63) is 53.6 Å². The van der Waals surface area contributed by atoms with Crippen molar-refractivity contribution in [1.82, 2.24) is 0 Å². The third kappa shape index (κ3) is 4.09. The second kappa shape index (κ2) is 6.11. The number of hydrogen-bond donors (Lipinski definition) is 3. The number of carbonyl (C=O) groups excluding carboxylic acids is 1. The van der Waals surface area contributed by atoms with Gasteiger partial charge in [-0.2, -0.15) is 13.2 Å². The average molecular weight is 331 g/mol. The maximum atomic E-state index is 13.5. The number of urea groups is 1. The van der Waals surface area contributed by atoms with Gasteiger partial charge in [0.05, 0.1) is 16.9 Å². The normalized spacial score (nSPS) is 11.2. The van der Waals surface area contributed by atoms with Gasteiger partial charge in [0.25, 0.3) is 0 Å². The first-order chi connectivity index (χ1) is 10.7. The van der Waals surface area contributed by atoms with Gasteiger partial charge in [0.1, 0.15) is 11.6 Å². The number of halogens is 5. The molecule has 0 saturated carbocycles. The molecule has 0 aliphatic carbocycles. The number of amides is 2. The molecule has 2 amide bonds. The number of benzene rings is 2. The van der Waals surface area contributed by atoms with Crippen molar-refractivity contribution < 1.29 is 26.7 Å². The van der Waals surface area contributed by atoms with Crippen molar-refractivity contribution in [2.24, 2.45) is 0 Å². The summed E-state index contributed by atoms with van der Waals surface area (Å²) in [4.78, 5) is 11.7. The largest absolute Gasteiger partial charge is 0.416 e. The topological polar surface area (TPSA) is 67.1 Å². The summed E-state index contributed by atoms with van der Waals surface area (Å²) in [6, 6.07) is 3.78. The minimum Gasteiger partial charge on any atom is -0.399 e. The predicted octanol–water partition coefficient (Wildman–Crippen LogP) is 4.21. The molecule has 0 aliphatic rings. The summed E-state index contributed by atoms with van der Waals surface area (Å²) in [6.07, 6.45) is -4.69. The van der Waals surface area contributed by atoms with Crippen molar-refractivity contribution >= 4 is 23.1 Å². The van der Waals surface area contributed by atoms with E-state index in [9.17, 15) is 26.7 Å². The zero-order valence-electron chi connectivity index (χ0n) is 11.3. The van der Waals surface area contributed by atoms with Gasteiger partial charge in [-0.25, -0.2) is 13.6 Å². The molecule has 0 bridgehead atoms. The molecule has 0 unspecified atom stereocenters. The lowest BCUT2D eigenvalue weighted by molar-refractivity contribution is -0.137. The quantitative estimate of drug-likeness (QED) is 0.570. The first-order valence-corrected chi connectivity index (χ1v) is 6.16. The van der Waals surface area contributed by atoms with E-state index >= 15 is 0 Å². The van der Waals surface area contributed by atoms with Gasteiger partial charge in [-0.05, 0) is 36.4 Å². The fourth-order valence-electron chi connectivity index (χ4n) is 1.71. The van der Waals surface area contributed by atoms with Crippen LogP contribution >= 0.6 is 0 Å². The van der Waals surface area contributed by atoms with Crippen molar-refractivity contribution in [2.45, 2.75) is 6.18 Å². The van der Waals surface area contributed by atoms with Crippen LogP contribution in [-0.4, -0.2) is 6.03 Å². The lowest BCUT2D eigenvalue weighted by Crippen LogP contribution is -2.21. The van der Waals surface area contributed by atoms with E-state index in [1.165, 1.54) is 6.07 Å². The molecule has 2 aromatic rings. The highest BCUT2D eigenvalue weighted by Crippen LogP contribution is 2.31. The molecule has 122 valence electrons. The Kier molecular flexibility index (Phi) is 4.39. The Morgan fingerprint density at radius 1 is 0.913 bits per heavy atom. The fourth-order valence-corrected chi connectivity index (χ4v) is 1.71. The zero-order valence-corrected chi connectivity index (χ0v) is 11.3. The van der Waals surface area contributed by atoms with E-state index in [2.05, 4.69) is 0 Å². The Morgan fingerprint density at radius 2 is 1.43 bits per heavy atom. The highest BCUT2D eigenvalue weighted by atomic mass is 19.4. The summed E-state index contributed by atoms with van der Waals surface area (Å²) in [5, 5.41) is 3.92. The van der Waals surface area contributed by atoms with Gasteiger partial charge in [0.2, 0.25) is 0 Å². The summed E-state index contributed by atoms with van der Waals surface area (Å²) >= 11 is 0. The van der Waals surface area contributed by atoms with Crippen LogP contribution in [-0.2, 0) is 6.18 Å². The van der Waals surface area contributed by atoms with E-state index in [1.807, 2.05) is 10.6 Å². The Balaban J connectivity index is 2.18. The smallest absolute Gasteiger partial charge is 0.399 e. The molecule has 2 rings (SSSR count). The van der Waals surface area contributed by atoms with Crippen molar-refractivity contribution in [1.29, 1.82) is 0 Å². The van der Waals surface area contributed by atoms with Crippen LogP contribution in [0.5, 0.6) is 0 Å². The molecule has 0 aromatic heterocycles. The third-order valence-electron chi connectivity index (χ3n) is 2.78. The Morgan fingerprint density at radius 3 is 2.00 bits per heavy atom. The zero-order chi connectivity index (χ0) is 17.2. The molecule has 0 saturated heterocycles. The fraction of sp³-hybridized carbons (Fsp3) is 0.0714. The van der Waals surface area contributed by atoms with Gasteiger partial charge in [-0.15, -0.1) is 0 Å². The number of nitrogen functional groups attached to an aromatic ring is 1. The SMILES string of the molecule is Nc1ccc(F)c(NC(=O)Nc2cc(C(F)(F)F)ccc2F)c1. The Bertz CT molecular complexity index is 746. The molecule has 0 radical (unpaired) electrons. The molecule has 9 heteroatoms. The van der Waals surface area contributed by atoms with Crippen LogP contribution in [0.2, 0.25) is 0 Å². The van der Waals surface area contributed by atoms with Crippen molar-refractivity contribution in [3.63, 3.8) is 0 Å². The lowest BCUT2D eigenvalue weighted by Gasteiger charge is -2.12. The summed E-state index contributed by atoms with van der Waals surface area (Å²) in [6.45, 7) is 0. The predicted molar refractivity (Wildman–Crippen MR) is 74.9 cm³/mol. The number of carbonyl (C=O) groups is 1. The highest BCUT2D eigenvalue weighted by molar-refractivity contribution is 6.00. The van der Waals surface area contributed by atoms with Crippen LogP contribution in [0.25, 0.3) is 0 Å². The summed E-state index contributed by atoms with van der Waals surface area (Å²) in [7, 11) is 0. The maximum Gasteiger partial charge on any atom is 0.416 e. The molecule has 4 N–H and O–H groups in total. The second-order valence-corrected chi connectivity index (χ2v) is 4.51. The van der Waals surface area contributed by atoms with Crippen LogP contribution in [0.15, 0.2) is 36.4 Å². The molecular formula is C14H10F5N3O. The number of nitrogens with two attached hydrogens (primary N) is 1. The third-order valence-corrected chi connectivity index (χ3v) is 2.78. The van der Waals surface area contributed by atoms with Gasteiger partial charge < -0.3 is 16.4 Å². The van der Waals surface area contributed by atoms with Gasteiger partial charge in [-0.3, -0.25) is 0 Å². The first-order valence-electron chi connectivity index (χ1n) is 6.16. The Labute approximate surface area is 127 Å². The number of nitrogens with one attached hydrogen (secondary N) is 2. The minimum absolute atomic E-state index is 0.159. The number of rotatable bonds is 2. The molecule has 2 aromatic carbocycles. The summed E-state index contributed by atoms with van der Waals surface area (Å²) in [5.74, 6) is -1.87. The maximum absolute atomic E-state index is 13.5. The van der Waals surface area contributed by atoms with Gasteiger partial charge in [0.15, 0.2) is 0 Å². The van der Waals surface area contributed by atoms with Crippen molar-refractivity contribution in [3.8, 4) is 0 Å². The van der Waals surface area contributed by atoms with E-state index in [0.717, 1.165) is 12.1 Å². The molecule has 0 atom stereocenters.